The van der Waals surface area contributed by atoms with Gasteiger partial charge in [0.15, 0.2) is 0 Å². The SMILES string of the molecule is CCC(=O)CCCCC[C@H](N)c1cc(-c2ccccc2)ccn1.O=C(O)C(F)(F)F. The summed E-state index contributed by atoms with van der Waals surface area (Å²) in [5, 5.41) is 7.12. The predicted molar refractivity (Wildman–Crippen MR) is 109 cm³/mol. The van der Waals surface area contributed by atoms with Gasteiger partial charge in [0.2, 0.25) is 0 Å². The van der Waals surface area contributed by atoms with E-state index in [0.29, 0.717) is 18.6 Å². The Morgan fingerprint density at radius 3 is 2.27 bits per heavy atom. The number of aliphatic carboxylic acids is 1. The third-order valence-electron chi connectivity index (χ3n) is 4.38. The molecule has 0 spiro atoms. The Hall–Kier alpha value is -2.74. The Labute approximate surface area is 174 Å². The number of halogens is 3. The summed E-state index contributed by atoms with van der Waals surface area (Å²) < 4.78 is 31.7. The monoisotopic (exact) mass is 424 g/mol. The Balaban J connectivity index is 0.000000553. The summed E-state index contributed by atoms with van der Waals surface area (Å²) in [7, 11) is 0. The van der Waals surface area contributed by atoms with Gasteiger partial charge in [0.1, 0.15) is 5.78 Å². The third-order valence-corrected chi connectivity index (χ3v) is 4.38. The maximum atomic E-state index is 11.3. The highest BCUT2D eigenvalue weighted by molar-refractivity contribution is 5.77. The van der Waals surface area contributed by atoms with Crippen LogP contribution in [0, 0.1) is 0 Å². The lowest BCUT2D eigenvalue weighted by Gasteiger charge is -2.12. The summed E-state index contributed by atoms with van der Waals surface area (Å²) in [5.41, 5.74) is 9.56. The molecule has 1 aromatic carbocycles. The number of carboxylic acids is 1. The van der Waals surface area contributed by atoms with Crippen LogP contribution < -0.4 is 5.73 Å². The van der Waals surface area contributed by atoms with E-state index in [9.17, 15) is 18.0 Å². The molecule has 8 heteroatoms. The molecule has 0 amide bonds. The smallest absolute Gasteiger partial charge is 0.475 e. The number of carbonyl (C=O) groups is 2. The van der Waals surface area contributed by atoms with Crippen molar-refractivity contribution in [2.24, 2.45) is 5.73 Å². The zero-order chi connectivity index (χ0) is 22.6. The average molecular weight is 424 g/mol. The van der Waals surface area contributed by atoms with Crippen LogP contribution >= 0.6 is 0 Å². The summed E-state index contributed by atoms with van der Waals surface area (Å²) in [5.74, 6) is -2.40. The molecule has 0 radical (unpaired) electrons. The lowest BCUT2D eigenvalue weighted by molar-refractivity contribution is -0.192. The zero-order valence-corrected chi connectivity index (χ0v) is 16.9. The molecule has 0 aliphatic heterocycles. The Morgan fingerprint density at radius 2 is 1.70 bits per heavy atom. The topological polar surface area (TPSA) is 93.3 Å². The fourth-order valence-electron chi connectivity index (χ4n) is 2.65. The number of hydrogen-bond donors (Lipinski definition) is 2. The van der Waals surface area contributed by atoms with Crippen molar-refractivity contribution in [3.63, 3.8) is 0 Å². The highest BCUT2D eigenvalue weighted by Gasteiger charge is 2.38. The summed E-state index contributed by atoms with van der Waals surface area (Å²) >= 11 is 0. The van der Waals surface area contributed by atoms with Crippen molar-refractivity contribution in [2.75, 3.05) is 0 Å². The van der Waals surface area contributed by atoms with Gasteiger partial charge in [-0.25, -0.2) is 4.79 Å². The molecule has 0 saturated heterocycles. The normalized spacial score (nSPS) is 11.9. The minimum absolute atomic E-state index is 0.0412. The van der Waals surface area contributed by atoms with E-state index in [0.717, 1.165) is 36.9 Å². The van der Waals surface area contributed by atoms with Gasteiger partial charge in [-0.05, 0) is 36.1 Å². The largest absolute Gasteiger partial charge is 0.490 e. The molecule has 30 heavy (non-hydrogen) atoms. The molecule has 5 nitrogen and oxygen atoms in total. The minimum Gasteiger partial charge on any atom is -0.475 e. The molecule has 1 heterocycles. The number of unbranched alkanes of at least 4 members (excludes halogenated alkanes) is 2. The first-order valence-electron chi connectivity index (χ1n) is 9.74. The minimum atomic E-state index is -5.08. The number of nitrogens with two attached hydrogens (primary N) is 1. The molecular formula is C22H27F3N2O3. The Morgan fingerprint density at radius 1 is 1.07 bits per heavy atom. The van der Waals surface area contributed by atoms with E-state index in [4.69, 9.17) is 15.6 Å². The summed E-state index contributed by atoms with van der Waals surface area (Å²) in [6.07, 6.45) is 2.07. The fraction of sp³-hybridized carbons (Fsp3) is 0.409. The van der Waals surface area contributed by atoms with E-state index < -0.39 is 12.1 Å². The van der Waals surface area contributed by atoms with Crippen molar-refractivity contribution >= 4 is 11.8 Å². The molecule has 164 valence electrons. The number of aromatic nitrogens is 1. The second kappa shape index (κ2) is 12.7. The average Bonchev–Trinajstić information content (AvgIpc) is 2.73. The molecule has 2 rings (SSSR count). The molecule has 0 aliphatic carbocycles. The maximum Gasteiger partial charge on any atom is 0.490 e. The summed E-state index contributed by atoms with van der Waals surface area (Å²) in [6, 6.07) is 14.3. The molecule has 2 aromatic rings. The van der Waals surface area contributed by atoms with Crippen molar-refractivity contribution in [3.05, 3.63) is 54.4 Å². The van der Waals surface area contributed by atoms with E-state index >= 15 is 0 Å². The first kappa shape index (κ1) is 25.3. The highest BCUT2D eigenvalue weighted by Crippen LogP contribution is 2.23. The third kappa shape index (κ3) is 9.65. The van der Waals surface area contributed by atoms with E-state index in [1.165, 1.54) is 5.56 Å². The molecule has 0 unspecified atom stereocenters. The van der Waals surface area contributed by atoms with Gasteiger partial charge in [-0.15, -0.1) is 0 Å². The van der Waals surface area contributed by atoms with Crippen LogP contribution in [0.15, 0.2) is 48.7 Å². The molecule has 1 aromatic heterocycles. The van der Waals surface area contributed by atoms with Gasteiger partial charge in [0.05, 0.1) is 5.69 Å². The first-order chi connectivity index (χ1) is 14.1. The van der Waals surface area contributed by atoms with Crippen molar-refractivity contribution in [1.29, 1.82) is 0 Å². The number of ketones is 1. The van der Waals surface area contributed by atoms with E-state index in [1.54, 1.807) is 0 Å². The Kier molecular flexibility index (Phi) is 10.7. The highest BCUT2D eigenvalue weighted by atomic mass is 19.4. The number of hydrogen-bond acceptors (Lipinski definition) is 4. The molecule has 0 aliphatic rings. The van der Waals surface area contributed by atoms with Gasteiger partial charge in [0, 0.05) is 25.1 Å². The quantitative estimate of drug-likeness (QED) is 0.532. The van der Waals surface area contributed by atoms with Crippen LogP contribution in [0.2, 0.25) is 0 Å². The van der Waals surface area contributed by atoms with Crippen molar-refractivity contribution in [2.45, 2.75) is 57.7 Å². The molecule has 0 fully saturated rings. The number of rotatable bonds is 9. The summed E-state index contributed by atoms with van der Waals surface area (Å²) in [4.78, 5) is 24.6. The van der Waals surface area contributed by atoms with Crippen molar-refractivity contribution < 1.29 is 27.9 Å². The Bertz CT molecular complexity index is 796. The van der Waals surface area contributed by atoms with Gasteiger partial charge in [-0.3, -0.25) is 9.78 Å². The number of nitrogens with zero attached hydrogens (tertiary/aromatic N) is 1. The first-order valence-corrected chi connectivity index (χ1v) is 9.74. The van der Waals surface area contributed by atoms with Crippen LogP contribution in [-0.4, -0.2) is 28.0 Å². The number of carbonyl (C=O) groups excluding carboxylic acids is 1. The lowest BCUT2D eigenvalue weighted by Crippen LogP contribution is -2.21. The molecule has 0 bridgehead atoms. The predicted octanol–water partition coefficient (Wildman–Crippen LogP) is 5.31. The molecule has 1 atom stereocenters. The van der Waals surface area contributed by atoms with Crippen LogP contribution in [0.3, 0.4) is 0 Å². The summed E-state index contributed by atoms with van der Waals surface area (Å²) in [6.45, 7) is 1.92. The van der Waals surface area contributed by atoms with Gasteiger partial charge in [-0.1, -0.05) is 50.1 Å². The van der Waals surface area contributed by atoms with Gasteiger partial charge < -0.3 is 10.8 Å². The van der Waals surface area contributed by atoms with Crippen LogP contribution in [0.4, 0.5) is 13.2 Å². The van der Waals surface area contributed by atoms with E-state index in [2.05, 4.69) is 23.2 Å². The molecule has 3 N–H and O–H groups in total. The van der Waals surface area contributed by atoms with E-state index in [-0.39, 0.29) is 6.04 Å². The standard InChI is InChI=1S/C20H26N2O.C2HF3O2/c1-2-18(23)11-7-4-8-12-19(21)20-15-17(13-14-22-20)16-9-5-3-6-10-16;3-2(4,5)1(6)7/h3,5-6,9-10,13-15,19H,2,4,7-8,11-12,21H2,1H3;(H,6,7)/t19-;/m0./s1. The number of carboxylic acid groups (broad SMARTS) is 1. The second-order valence-corrected chi connectivity index (χ2v) is 6.74. The number of benzene rings is 1. The van der Waals surface area contributed by atoms with Crippen LogP contribution in [0.25, 0.3) is 11.1 Å². The van der Waals surface area contributed by atoms with Crippen LogP contribution in [-0.2, 0) is 9.59 Å². The van der Waals surface area contributed by atoms with E-state index in [1.807, 2.05) is 37.4 Å². The van der Waals surface area contributed by atoms with Crippen molar-refractivity contribution in [1.82, 2.24) is 4.98 Å². The zero-order valence-electron chi connectivity index (χ0n) is 16.9. The number of pyridine rings is 1. The number of Topliss-reactive ketones (excluding diaryl/α,β-unsaturated/α-hetero) is 1. The van der Waals surface area contributed by atoms with Crippen LogP contribution in [0.1, 0.15) is 57.2 Å². The maximum absolute atomic E-state index is 11.3. The molecular weight excluding hydrogens is 397 g/mol. The number of alkyl halides is 3. The van der Waals surface area contributed by atoms with Gasteiger partial charge >= 0.3 is 12.1 Å². The van der Waals surface area contributed by atoms with Crippen molar-refractivity contribution in [3.8, 4) is 11.1 Å². The van der Waals surface area contributed by atoms with Gasteiger partial charge in [0.25, 0.3) is 0 Å². The van der Waals surface area contributed by atoms with Gasteiger partial charge in [-0.2, -0.15) is 13.2 Å². The lowest BCUT2D eigenvalue weighted by atomic mass is 10.0. The fourth-order valence-corrected chi connectivity index (χ4v) is 2.65. The van der Waals surface area contributed by atoms with Crippen LogP contribution in [0.5, 0.6) is 0 Å². The second-order valence-electron chi connectivity index (χ2n) is 6.74. The molecule has 0 saturated carbocycles.